The lowest BCUT2D eigenvalue weighted by atomic mass is 10.0. The molecule has 0 N–H and O–H groups in total. The van der Waals surface area contributed by atoms with Gasteiger partial charge in [-0.2, -0.15) is 5.26 Å². The highest BCUT2D eigenvalue weighted by Crippen LogP contribution is 2.22. The molecule has 0 unspecified atom stereocenters. The monoisotopic (exact) mass is 304 g/mol. The van der Waals surface area contributed by atoms with Gasteiger partial charge >= 0.3 is 21.2 Å². The third-order valence-corrected chi connectivity index (χ3v) is 5.51. The van der Waals surface area contributed by atoms with E-state index in [9.17, 15) is 0 Å². The Morgan fingerprint density at radius 1 is 0.933 bits per heavy atom. The number of rotatable bonds is 0. The highest BCUT2D eigenvalue weighted by molar-refractivity contribution is 5.66. The average Bonchev–Trinajstić information content (AvgIpc) is 2.66. The van der Waals surface area contributed by atoms with Crippen LogP contribution in [0.3, 0.4) is 0 Å². The molecule has 3 rings (SSSR count). The van der Waals surface area contributed by atoms with E-state index in [1.165, 1.54) is 18.3 Å². The van der Waals surface area contributed by atoms with Crippen LogP contribution in [0.4, 0.5) is 0 Å². The molecule has 0 amide bonds. The molecule has 1 heterocycles. The van der Waals surface area contributed by atoms with Crippen LogP contribution in [0.25, 0.3) is 11.1 Å². The molecule has 0 spiro atoms. The van der Waals surface area contributed by atoms with Gasteiger partial charge < -0.3 is 0 Å². The summed E-state index contributed by atoms with van der Waals surface area (Å²) in [7, 11) is 0. The average molecular weight is 304 g/mol. The van der Waals surface area contributed by atoms with Gasteiger partial charge in [-0.25, -0.2) is 0 Å². The minimum atomic E-state index is -0.0247. The molecular weight excluding hydrogens is 297 g/mol. The molecule has 70 valence electrons. The van der Waals surface area contributed by atoms with Gasteiger partial charge in [0.2, 0.25) is 7.14 Å². The van der Waals surface area contributed by atoms with E-state index in [4.69, 9.17) is 5.26 Å². The van der Waals surface area contributed by atoms with E-state index in [-0.39, 0.29) is 21.2 Å². The second kappa shape index (κ2) is 3.35. The van der Waals surface area contributed by atoms with Crippen molar-refractivity contribution < 1.29 is 21.2 Å². The molecule has 1 aliphatic heterocycles. The molecule has 0 aliphatic carbocycles. The molecule has 0 saturated heterocycles. The van der Waals surface area contributed by atoms with Crippen LogP contribution in [0, 0.1) is 18.5 Å². The molecule has 2 heteroatoms. The minimum absolute atomic E-state index is 0.0247. The topological polar surface area (TPSA) is 23.8 Å². The zero-order valence-corrected chi connectivity index (χ0v) is 10.0. The number of fused-ring (bicyclic) bond motifs is 3. The van der Waals surface area contributed by atoms with Crippen LogP contribution < -0.4 is 21.2 Å². The number of hydrogen-bond acceptors (Lipinski definition) is 1. The van der Waals surface area contributed by atoms with E-state index in [1.807, 2.05) is 12.1 Å². The lowest BCUT2D eigenvalue weighted by molar-refractivity contribution is -0.589. The lowest BCUT2D eigenvalue weighted by Gasteiger charge is -1.94. The molecule has 15 heavy (non-hydrogen) atoms. The molecule has 1 nitrogen and oxygen atoms in total. The second-order valence-corrected chi connectivity index (χ2v) is 6.24. The zero-order valence-electron chi connectivity index (χ0n) is 7.87. The predicted octanol–water partition coefficient (Wildman–Crippen LogP) is -0.333. The third kappa shape index (κ3) is 1.35. The quantitative estimate of drug-likeness (QED) is 0.522. The molecule has 2 aromatic rings. The third-order valence-electron chi connectivity index (χ3n) is 2.46. The number of benzene rings is 2. The molecule has 0 atom stereocenters. The SMILES string of the molecule is N#Cc1ccc2c(c1)-c1ccccc1[I+]2. The Hall–Kier alpha value is -1.34. The maximum absolute atomic E-state index is 8.88. The molecule has 0 aromatic heterocycles. The van der Waals surface area contributed by atoms with Gasteiger partial charge in [-0.05, 0) is 30.3 Å². The first kappa shape index (κ1) is 8.93. The van der Waals surface area contributed by atoms with Crippen molar-refractivity contribution in [2.45, 2.75) is 0 Å². The van der Waals surface area contributed by atoms with Crippen molar-refractivity contribution in [1.82, 2.24) is 0 Å². The first-order chi connectivity index (χ1) is 7.38. The van der Waals surface area contributed by atoms with Crippen molar-refractivity contribution in [1.29, 1.82) is 5.26 Å². The van der Waals surface area contributed by atoms with Crippen LogP contribution in [-0.4, -0.2) is 0 Å². The molecule has 0 radical (unpaired) electrons. The van der Waals surface area contributed by atoms with Crippen molar-refractivity contribution in [3.8, 4) is 17.2 Å². The van der Waals surface area contributed by atoms with Crippen molar-refractivity contribution in [3.63, 3.8) is 0 Å². The van der Waals surface area contributed by atoms with Gasteiger partial charge in [0.05, 0.1) is 11.6 Å². The van der Waals surface area contributed by atoms with Crippen molar-refractivity contribution in [2.75, 3.05) is 0 Å². The largest absolute Gasteiger partial charge is 0.359 e. The van der Waals surface area contributed by atoms with Gasteiger partial charge in [-0.3, -0.25) is 0 Å². The second-order valence-electron chi connectivity index (χ2n) is 3.38. The van der Waals surface area contributed by atoms with Crippen LogP contribution in [0.15, 0.2) is 42.5 Å². The Morgan fingerprint density at radius 3 is 2.60 bits per heavy atom. The summed E-state index contributed by atoms with van der Waals surface area (Å²) in [4.78, 5) is 0. The van der Waals surface area contributed by atoms with Gasteiger partial charge in [-0.15, -0.1) is 0 Å². The van der Waals surface area contributed by atoms with Crippen LogP contribution >= 0.6 is 0 Å². The van der Waals surface area contributed by atoms with E-state index in [0.717, 1.165) is 5.56 Å². The normalized spacial score (nSPS) is 11.7. The zero-order chi connectivity index (χ0) is 10.3. The van der Waals surface area contributed by atoms with Gasteiger partial charge in [0.25, 0.3) is 0 Å². The smallest absolute Gasteiger partial charge is 0.192 e. The van der Waals surface area contributed by atoms with Gasteiger partial charge in [-0.1, -0.05) is 12.1 Å². The fourth-order valence-corrected chi connectivity index (χ4v) is 4.63. The molecule has 1 aliphatic rings. The molecule has 2 aromatic carbocycles. The first-order valence-electron chi connectivity index (χ1n) is 4.67. The fourth-order valence-electron chi connectivity index (χ4n) is 1.76. The lowest BCUT2D eigenvalue weighted by Crippen LogP contribution is -3.61. The highest BCUT2D eigenvalue weighted by atomic mass is 127. The summed E-state index contributed by atoms with van der Waals surface area (Å²) in [6.07, 6.45) is 0. The van der Waals surface area contributed by atoms with Crippen LogP contribution in [0.5, 0.6) is 0 Å². The predicted molar refractivity (Wildman–Crippen MR) is 54.0 cm³/mol. The highest BCUT2D eigenvalue weighted by Gasteiger charge is 2.32. The van der Waals surface area contributed by atoms with Crippen LogP contribution in [0.1, 0.15) is 5.56 Å². The van der Waals surface area contributed by atoms with Crippen LogP contribution in [-0.2, 0) is 0 Å². The fraction of sp³-hybridized carbons (Fsp3) is 0. The van der Waals surface area contributed by atoms with Crippen molar-refractivity contribution in [2.24, 2.45) is 0 Å². The summed E-state index contributed by atoms with van der Waals surface area (Å²) in [5.74, 6) is 0. The van der Waals surface area contributed by atoms with E-state index in [1.54, 1.807) is 0 Å². The van der Waals surface area contributed by atoms with Gasteiger partial charge in [0, 0.05) is 11.1 Å². The first-order valence-corrected chi connectivity index (χ1v) is 6.82. The van der Waals surface area contributed by atoms with Gasteiger partial charge in [0.1, 0.15) is 0 Å². The molecule has 0 saturated carbocycles. The Labute approximate surface area is 98.6 Å². The van der Waals surface area contributed by atoms with E-state index in [2.05, 4.69) is 36.4 Å². The number of nitrogens with zero attached hydrogens (tertiary/aromatic N) is 1. The summed E-state index contributed by atoms with van der Waals surface area (Å²) in [6, 6.07) is 16.8. The Morgan fingerprint density at radius 2 is 1.73 bits per heavy atom. The summed E-state index contributed by atoms with van der Waals surface area (Å²) >= 11 is -0.0247. The molecular formula is C13H7IN+. The summed E-state index contributed by atoms with van der Waals surface area (Å²) in [6.45, 7) is 0. The van der Waals surface area contributed by atoms with Gasteiger partial charge in [0.15, 0.2) is 0 Å². The number of nitriles is 1. The maximum Gasteiger partial charge on any atom is 0.359 e. The van der Waals surface area contributed by atoms with E-state index >= 15 is 0 Å². The van der Waals surface area contributed by atoms with E-state index in [0.29, 0.717) is 0 Å². The summed E-state index contributed by atoms with van der Waals surface area (Å²) in [5.41, 5.74) is 3.37. The minimum Gasteiger partial charge on any atom is -0.192 e. The Balaban J connectivity index is 2.27. The van der Waals surface area contributed by atoms with Crippen molar-refractivity contribution in [3.05, 3.63) is 55.2 Å². The maximum atomic E-state index is 8.88. The van der Waals surface area contributed by atoms with Crippen LogP contribution in [0.2, 0.25) is 0 Å². The number of halogens is 1. The number of hydrogen-bond donors (Lipinski definition) is 0. The summed E-state index contributed by atoms with van der Waals surface area (Å²) in [5, 5.41) is 8.88. The Kier molecular flexibility index (Phi) is 2.00. The summed E-state index contributed by atoms with van der Waals surface area (Å²) < 4.78 is 2.91. The molecule has 0 fully saturated rings. The Bertz CT molecular complexity index is 581. The van der Waals surface area contributed by atoms with E-state index < -0.39 is 0 Å². The molecule has 0 bridgehead atoms. The van der Waals surface area contributed by atoms with Crippen molar-refractivity contribution >= 4 is 0 Å². The standard InChI is InChI=1S/C13H7IN/c15-8-9-5-6-13-11(7-9)10-3-1-2-4-12(10)14-13/h1-7H/q+1.